The summed E-state index contributed by atoms with van der Waals surface area (Å²) in [6.45, 7) is 4.51. The zero-order valence-electron chi connectivity index (χ0n) is 6.94. The van der Waals surface area contributed by atoms with Crippen molar-refractivity contribution in [1.82, 2.24) is 0 Å². The maximum absolute atomic E-state index is 5.46. The van der Waals surface area contributed by atoms with Crippen LogP contribution in [0.15, 0.2) is 12.2 Å². The van der Waals surface area contributed by atoms with Crippen LogP contribution in [-0.2, 0) is 0 Å². The van der Waals surface area contributed by atoms with Crippen LogP contribution in [0.5, 0.6) is 0 Å². The topological polar surface area (TPSA) is 0 Å². The number of halogens is 1. The van der Waals surface area contributed by atoms with Crippen LogP contribution >= 0.6 is 11.6 Å². The van der Waals surface area contributed by atoms with Gasteiger partial charge in [-0.1, -0.05) is 32.4 Å². The molecule has 0 amide bonds. The van der Waals surface area contributed by atoms with Crippen molar-refractivity contribution in [3.05, 3.63) is 12.2 Å². The molecule has 0 saturated heterocycles. The van der Waals surface area contributed by atoms with Crippen molar-refractivity contribution in [3.8, 4) is 0 Å². The standard InChI is InChI=1S/C9H17Cl/c1-9(2)7-5-3-4-6-8-10/h4,6,9H,3,5,7-8H2,1-2H3/b6-4-. The predicted molar refractivity (Wildman–Crippen MR) is 48.5 cm³/mol. The molecule has 0 aromatic heterocycles. The Morgan fingerprint density at radius 1 is 1.30 bits per heavy atom. The van der Waals surface area contributed by atoms with Crippen LogP contribution < -0.4 is 0 Å². The first-order chi connectivity index (χ1) is 4.77. The molecule has 0 N–H and O–H groups in total. The van der Waals surface area contributed by atoms with E-state index in [2.05, 4.69) is 19.9 Å². The van der Waals surface area contributed by atoms with E-state index in [9.17, 15) is 0 Å². The summed E-state index contributed by atoms with van der Waals surface area (Å²) in [5.41, 5.74) is 0. The number of rotatable bonds is 5. The number of unbranched alkanes of at least 4 members (excludes halogenated alkanes) is 1. The van der Waals surface area contributed by atoms with Gasteiger partial charge in [0.05, 0.1) is 0 Å². The van der Waals surface area contributed by atoms with Crippen LogP contribution in [-0.4, -0.2) is 5.88 Å². The van der Waals surface area contributed by atoms with Gasteiger partial charge in [0.2, 0.25) is 0 Å². The van der Waals surface area contributed by atoms with Crippen molar-refractivity contribution in [2.45, 2.75) is 33.1 Å². The SMILES string of the molecule is CC(C)CCC/C=C\CCl. The maximum atomic E-state index is 5.46. The van der Waals surface area contributed by atoms with Gasteiger partial charge in [0, 0.05) is 5.88 Å². The normalized spacial score (nSPS) is 11.6. The van der Waals surface area contributed by atoms with Gasteiger partial charge in [-0.3, -0.25) is 0 Å². The number of hydrogen-bond donors (Lipinski definition) is 0. The van der Waals surface area contributed by atoms with E-state index in [1.165, 1.54) is 19.3 Å². The molecular weight excluding hydrogens is 144 g/mol. The van der Waals surface area contributed by atoms with Gasteiger partial charge in [-0.2, -0.15) is 0 Å². The number of hydrogen-bond acceptors (Lipinski definition) is 0. The third-order valence-electron chi connectivity index (χ3n) is 1.41. The van der Waals surface area contributed by atoms with Gasteiger partial charge in [-0.05, 0) is 18.8 Å². The van der Waals surface area contributed by atoms with E-state index in [1.807, 2.05) is 6.08 Å². The van der Waals surface area contributed by atoms with Crippen LogP contribution in [0.2, 0.25) is 0 Å². The molecule has 0 aromatic carbocycles. The highest BCUT2D eigenvalue weighted by Gasteiger charge is 1.90. The molecule has 0 nitrogen and oxygen atoms in total. The molecule has 0 bridgehead atoms. The highest BCUT2D eigenvalue weighted by molar-refractivity contribution is 6.18. The second kappa shape index (κ2) is 7.14. The molecule has 60 valence electrons. The quantitative estimate of drug-likeness (QED) is 0.328. The monoisotopic (exact) mass is 160 g/mol. The van der Waals surface area contributed by atoms with E-state index in [-0.39, 0.29) is 0 Å². The summed E-state index contributed by atoms with van der Waals surface area (Å²) in [5.74, 6) is 1.49. The molecule has 0 spiro atoms. The lowest BCUT2D eigenvalue weighted by Crippen LogP contribution is -1.84. The number of allylic oxidation sites excluding steroid dienone is 2. The fourth-order valence-corrected chi connectivity index (χ4v) is 0.951. The fourth-order valence-electron chi connectivity index (χ4n) is 0.825. The molecule has 0 atom stereocenters. The molecule has 0 radical (unpaired) electrons. The summed E-state index contributed by atoms with van der Waals surface area (Å²) in [6, 6.07) is 0. The largest absolute Gasteiger partial charge is 0.122 e. The summed E-state index contributed by atoms with van der Waals surface area (Å²) in [5, 5.41) is 0. The van der Waals surface area contributed by atoms with Crippen molar-refractivity contribution < 1.29 is 0 Å². The van der Waals surface area contributed by atoms with E-state index in [0.29, 0.717) is 5.88 Å². The maximum Gasteiger partial charge on any atom is 0.0404 e. The molecule has 0 saturated carbocycles. The minimum atomic E-state index is 0.654. The molecular formula is C9H17Cl. The molecule has 0 fully saturated rings. The Bertz CT molecular complexity index is 84.7. The van der Waals surface area contributed by atoms with Gasteiger partial charge in [0.15, 0.2) is 0 Å². The predicted octanol–water partition coefficient (Wildman–Crippen LogP) is 3.61. The Balaban J connectivity index is 2.97. The zero-order valence-corrected chi connectivity index (χ0v) is 7.69. The lowest BCUT2D eigenvalue weighted by molar-refractivity contribution is 0.560. The molecule has 0 heterocycles. The van der Waals surface area contributed by atoms with Crippen molar-refractivity contribution >= 4 is 11.6 Å². The first kappa shape index (κ1) is 10.0. The minimum absolute atomic E-state index is 0.654. The lowest BCUT2D eigenvalue weighted by atomic mass is 10.1. The summed E-state index contributed by atoms with van der Waals surface area (Å²) < 4.78 is 0. The number of alkyl halides is 1. The second-order valence-corrected chi connectivity index (χ2v) is 3.26. The summed E-state index contributed by atoms with van der Waals surface area (Å²) in [7, 11) is 0. The molecule has 0 aliphatic rings. The van der Waals surface area contributed by atoms with E-state index >= 15 is 0 Å². The smallest absolute Gasteiger partial charge is 0.0404 e. The third kappa shape index (κ3) is 8.03. The Morgan fingerprint density at radius 3 is 2.50 bits per heavy atom. The van der Waals surface area contributed by atoms with Crippen LogP contribution in [0.3, 0.4) is 0 Å². The van der Waals surface area contributed by atoms with Crippen LogP contribution in [0, 0.1) is 5.92 Å². The lowest BCUT2D eigenvalue weighted by Gasteiger charge is -1.99. The average Bonchev–Trinajstić information content (AvgIpc) is 1.87. The third-order valence-corrected chi connectivity index (χ3v) is 1.59. The average molecular weight is 161 g/mol. The van der Waals surface area contributed by atoms with Gasteiger partial charge < -0.3 is 0 Å². The van der Waals surface area contributed by atoms with E-state index in [0.717, 1.165) is 5.92 Å². The van der Waals surface area contributed by atoms with Crippen LogP contribution in [0.4, 0.5) is 0 Å². The molecule has 10 heavy (non-hydrogen) atoms. The Kier molecular flexibility index (Phi) is 7.16. The van der Waals surface area contributed by atoms with E-state index in [1.54, 1.807) is 0 Å². The fraction of sp³-hybridized carbons (Fsp3) is 0.778. The Morgan fingerprint density at radius 2 is 2.00 bits per heavy atom. The molecule has 0 unspecified atom stereocenters. The van der Waals surface area contributed by atoms with E-state index in [4.69, 9.17) is 11.6 Å². The summed E-state index contributed by atoms with van der Waals surface area (Å²) >= 11 is 5.46. The van der Waals surface area contributed by atoms with Crippen molar-refractivity contribution in [1.29, 1.82) is 0 Å². The van der Waals surface area contributed by atoms with Crippen molar-refractivity contribution in [2.75, 3.05) is 5.88 Å². The van der Waals surface area contributed by atoms with Gasteiger partial charge in [-0.15, -0.1) is 11.6 Å². The molecule has 1 heteroatoms. The molecule has 0 aliphatic heterocycles. The van der Waals surface area contributed by atoms with Crippen molar-refractivity contribution in [3.63, 3.8) is 0 Å². The Labute approximate surface area is 69.3 Å². The first-order valence-corrected chi connectivity index (χ1v) is 4.51. The highest BCUT2D eigenvalue weighted by atomic mass is 35.5. The van der Waals surface area contributed by atoms with Gasteiger partial charge in [-0.25, -0.2) is 0 Å². The summed E-state index contributed by atoms with van der Waals surface area (Å²) in [6.07, 6.45) is 7.99. The second-order valence-electron chi connectivity index (χ2n) is 2.95. The highest BCUT2D eigenvalue weighted by Crippen LogP contribution is 2.06. The first-order valence-electron chi connectivity index (χ1n) is 3.98. The van der Waals surface area contributed by atoms with Gasteiger partial charge in [0.25, 0.3) is 0 Å². The van der Waals surface area contributed by atoms with Crippen LogP contribution in [0.1, 0.15) is 33.1 Å². The summed E-state index contributed by atoms with van der Waals surface area (Å²) in [4.78, 5) is 0. The van der Waals surface area contributed by atoms with Gasteiger partial charge >= 0.3 is 0 Å². The molecule has 0 aromatic rings. The molecule has 0 aliphatic carbocycles. The van der Waals surface area contributed by atoms with E-state index < -0.39 is 0 Å². The molecule has 0 rings (SSSR count). The van der Waals surface area contributed by atoms with Crippen LogP contribution in [0.25, 0.3) is 0 Å². The minimum Gasteiger partial charge on any atom is -0.122 e. The zero-order chi connectivity index (χ0) is 7.82. The Hall–Kier alpha value is 0.0300. The van der Waals surface area contributed by atoms with Gasteiger partial charge in [0.1, 0.15) is 0 Å². The van der Waals surface area contributed by atoms with Crippen molar-refractivity contribution in [2.24, 2.45) is 5.92 Å².